The fraction of sp³-hybridized carbons (Fsp3) is 0.667. The van der Waals surface area contributed by atoms with Gasteiger partial charge in [0.25, 0.3) is 5.91 Å². The molecule has 39 heavy (non-hydrogen) atoms. The van der Waals surface area contributed by atoms with E-state index in [9.17, 15) is 19.2 Å². The molecule has 2 heterocycles. The van der Waals surface area contributed by atoms with Gasteiger partial charge in [0.1, 0.15) is 12.1 Å². The van der Waals surface area contributed by atoms with Crippen molar-refractivity contribution in [3.63, 3.8) is 0 Å². The average Bonchev–Trinajstić information content (AvgIpc) is 3.73. The first-order valence-corrected chi connectivity index (χ1v) is 13.2. The van der Waals surface area contributed by atoms with Gasteiger partial charge in [-0.25, -0.2) is 9.78 Å². The van der Waals surface area contributed by atoms with Gasteiger partial charge in [-0.2, -0.15) is 0 Å². The fourth-order valence-corrected chi connectivity index (χ4v) is 4.08. The van der Waals surface area contributed by atoms with Crippen molar-refractivity contribution >= 4 is 23.8 Å². The first-order chi connectivity index (χ1) is 18.6. The summed E-state index contributed by atoms with van der Waals surface area (Å²) in [5.74, 6) is -1.96. The number of rotatable bonds is 11. The number of ether oxygens (including phenoxy) is 6. The third kappa shape index (κ3) is 8.81. The van der Waals surface area contributed by atoms with Crippen molar-refractivity contribution < 1.29 is 47.6 Å². The van der Waals surface area contributed by atoms with E-state index in [1.165, 1.54) is 26.3 Å². The Kier molecular flexibility index (Phi) is 10.9. The molecule has 216 valence electrons. The molecule has 2 aliphatic rings. The normalized spacial score (nSPS) is 23.5. The van der Waals surface area contributed by atoms with E-state index in [-0.39, 0.29) is 41.4 Å². The Balaban J connectivity index is 1.76. The highest BCUT2D eigenvalue weighted by atomic mass is 16.7. The Labute approximate surface area is 228 Å². The number of nitrogens with zero attached hydrogens (tertiary/aromatic N) is 1. The second-order valence-electron chi connectivity index (χ2n) is 10.1. The molecule has 1 amide bonds. The zero-order chi connectivity index (χ0) is 28.5. The van der Waals surface area contributed by atoms with E-state index in [4.69, 9.17) is 28.4 Å². The summed E-state index contributed by atoms with van der Waals surface area (Å²) in [7, 11) is 1.39. The minimum atomic E-state index is -1.00. The quantitative estimate of drug-likeness (QED) is 0.246. The molecule has 1 saturated heterocycles. The second kappa shape index (κ2) is 14.1. The van der Waals surface area contributed by atoms with Crippen LogP contribution in [0.3, 0.4) is 0 Å². The predicted octanol–water partition coefficient (Wildman–Crippen LogP) is 2.57. The lowest BCUT2D eigenvalue weighted by Crippen LogP contribution is -2.46. The second-order valence-corrected chi connectivity index (χ2v) is 10.1. The van der Waals surface area contributed by atoms with Crippen LogP contribution < -0.4 is 14.8 Å². The standard InChI is InChI=1S/C27H38N2O10/c1-15(2)13-35-21-8-6-7-19(27(33)38-16(3)23(21)39-26(32)18-9-10-18)29-25(31)22-24(37-14-36-17(4)30)20(34-5)11-12-28-22/h11-12,15-16,18-19,21,23H,6-10,13-14H2,1-5H3,(H,29,31)/t16-,19-,21-,23-/m0/s1. The van der Waals surface area contributed by atoms with Crippen LogP contribution in [-0.2, 0) is 33.3 Å². The van der Waals surface area contributed by atoms with Crippen molar-refractivity contribution in [2.75, 3.05) is 20.5 Å². The van der Waals surface area contributed by atoms with Crippen LogP contribution in [0.15, 0.2) is 12.3 Å². The molecule has 0 aromatic carbocycles. The lowest BCUT2D eigenvalue weighted by Gasteiger charge is -2.31. The third-order valence-electron chi connectivity index (χ3n) is 6.28. The van der Waals surface area contributed by atoms with Crippen molar-refractivity contribution in [2.45, 2.75) is 84.2 Å². The highest BCUT2D eigenvalue weighted by Crippen LogP contribution is 2.33. The molecule has 12 heteroatoms. The number of amides is 1. The maximum absolute atomic E-state index is 13.2. The smallest absolute Gasteiger partial charge is 0.329 e. The van der Waals surface area contributed by atoms with E-state index >= 15 is 0 Å². The number of methoxy groups -OCH3 is 1. The topological polar surface area (TPSA) is 149 Å². The molecular weight excluding hydrogens is 512 g/mol. The van der Waals surface area contributed by atoms with Crippen LogP contribution in [0.1, 0.15) is 70.3 Å². The number of carbonyl (C=O) groups is 4. The molecule has 1 saturated carbocycles. The average molecular weight is 551 g/mol. The molecule has 1 aliphatic heterocycles. The Bertz CT molecular complexity index is 1030. The number of pyridine rings is 1. The molecule has 12 nitrogen and oxygen atoms in total. The van der Waals surface area contributed by atoms with E-state index in [0.29, 0.717) is 19.4 Å². The first-order valence-electron chi connectivity index (χ1n) is 13.2. The number of carbonyl (C=O) groups excluding carboxylic acids is 4. The molecule has 2 fully saturated rings. The lowest BCUT2D eigenvalue weighted by atomic mass is 10.0. The largest absolute Gasteiger partial charge is 0.493 e. The van der Waals surface area contributed by atoms with E-state index in [0.717, 1.165) is 12.8 Å². The van der Waals surface area contributed by atoms with Crippen molar-refractivity contribution in [1.82, 2.24) is 10.3 Å². The number of aromatic nitrogens is 1. The third-order valence-corrected chi connectivity index (χ3v) is 6.28. The van der Waals surface area contributed by atoms with Gasteiger partial charge in [-0.3, -0.25) is 14.4 Å². The molecule has 0 unspecified atom stereocenters. The molecule has 0 spiro atoms. The summed E-state index contributed by atoms with van der Waals surface area (Å²) in [5, 5.41) is 2.67. The van der Waals surface area contributed by atoms with E-state index in [1.807, 2.05) is 13.8 Å². The molecule has 0 radical (unpaired) electrons. The van der Waals surface area contributed by atoms with E-state index < -0.39 is 49.0 Å². The van der Waals surface area contributed by atoms with Crippen molar-refractivity contribution in [3.8, 4) is 11.5 Å². The summed E-state index contributed by atoms with van der Waals surface area (Å²) >= 11 is 0. The SMILES string of the molecule is COc1ccnc(C(=O)N[C@H]2CCC[C@H](OCC(C)C)[C@@H](OC(=O)C3CC3)[C@H](C)OC2=O)c1OCOC(C)=O. The minimum absolute atomic E-state index is 0.0437. The maximum Gasteiger partial charge on any atom is 0.329 e. The van der Waals surface area contributed by atoms with Crippen LogP contribution in [-0.4, -0.2) is 73.7 Å². The van der Waals surface area contributed by atoms with Gasteiger partial charge in [0.2, 0.25) is 6.79 Å². The molecule has 1 N–H and O–H groups in total. The van der Waals surface area contributed by atoms with Crippen LogP contribution in [0.2, 0.25) is 0 Å². The van der Waals surface area contributed by atoms with Crippen LogP contribution >= 0.6 is 0 Å². The van der Waals surface area contributed by atoms with Crippen LogP contribution in [0.4, 0.5) is 0 Å². The molecule has 1 aliphatic carbocycles. The molecule has 0 bridgehead atoms. The Morgan fingerprint density at radius 1 is 1.18 bits per heavy atom. The Morgan fingerprint density at radius 3 is 2.56 bits per heavy atom. The zero-order valence-corrected chi connectivity index (χ0v) is 23.1. The summed E-state index contributed by atoms with van der Waals surface area (Å²) < 4.78 is 33.1. The number of nitrogens with one attached hydrogen (secondary N) is 1. The molecule has 1 aromatic rings. The monoisotopic (exact) mass is 550 g/mol. The molecular formula is C27H38N2O10. The van der Waals surface area contributed by atoms with Gasteiger partial charge in [-0.15, -0.1) is 0 Å². The highest BCUT2D eigenvalue weighted by molar-refractivity contribution is 5.98. The predicted molar refractivity (Wildman–Crippen MR) is 136 cm³/mol. The summed E-state index contributed by atoms with van der Waals surface area (Å²) in [6.07, 6.45) is 2.15. The maximum atomic E-state index is 13.2. The summed E-state index contributed by atoms with van der Waals surface area (Å²) in [4.78, 5) is 54.1. The molecule has 4 atom stereocenters. The minimum Gasteiger partial charge on any atom is -0.493 e. The number of cyclic esters (lactones) is 1. The van der Waals surface area contributed by atoms with Gasteiger partial charge in [-0.05, 0) is 44.9 Å². The molecule has 1 aromatic heterocycles. The summed E-state index contributed by atoms with van der Waals surface area (Å²) in [6.45, 7) is 6.92. The van der Waals surface area contributed by atoms with Gasteiger partial charge in [0.15, 0.2) is 23.3 Å². The van der Waals surface area contributed by atoms with E-state index in [2.05, 4.69) is 10.3 Å². The Hall–Kier alpha value is -3.41. The van der Waals surface area contributed by atoms with Crippen molar-refractivity contribution in [2.24, 2.45) is 11.8 Å². The van der Waals surface area contributed by atoms with Crippen LogP contribution in [0, 0.1) is 11.8 Å². The van der Waals surface area contributed by atoms with Gasteiger partial charge >= 0.3 is 17.9 Å². The number of hydrogen-bond acceptors (Lipinski definition) is 11. The molecule has 3 rings (SSSR count). The van der Waals surface area contributed by atoms with Crippen LogP contribution in [0.25, 0.3) is 0 Å². The number of esters is 3. The summed E-state index contributed by atoms with van der Waals surface area (Å²) in [6, 6.07) is 0.480. The fourth-order valence-electron chi connectivity index (χ4n) is 4.08. The van der Waals surface area contributed by atoms with E-state index in [1.54, 1.807) is 6.92 Å². The number of hydrogen-bond donors (Lipinski definition) is 1. The van der Waals surface area contributed by atoms with Gasteiger partial charge in [0.05, 0.1) is 19.1 Å². The highest BCUT2D eigenvalue weighted by Gasteiger charge is 2.40. The van der Waals surface area contributed by atoms with Crippen molar-refractivity contribution in [3.05, 3.63) is 18.0 Å². The first kappa shape index (κ1) is 30.1. The summed E-state index contributed by atoms with van der Waals surface area (Å²) in [5.41, 5.74) is -0.156. The van der Waals surface area contributed by atoms with Crippen molar-refractivity contribution in [1.29, 1.82) is 0 Å². The Morgan fingerprint density at radius 2 is 1.92 bits per heavy atom. The van der Waals surface area contributed by atoms with Gasteiger partial charge < -0.3 is 33.7 Å². The van der Waals surface area contributed by atoms with Gasteiger partial charge in [-0.1, -0.05) is 13.8 Å². The zero-order valence-electron chi connectivity index (χ0n) is 23.1. The van der Waals surface area contributed by atoms with Gasteiger partial charge in [0, 0.05) is 25.8 Å². The lowest BCUT2D eigenvalue weighted by molar-refractivity contribution is -0.181. The van der Waals surface area contributed by atoms with Crippen LogP contribution in [0.5, 0.6) is 11.5 Å².